The van der Waals surface area contributed by atoms with Gasteiger partial charge in [-0.25, -0.2) is 4.79 Å². The SMILES string of the molecule is CNC(c1ccc(C(=O)O)cc1)c1ccccn1. The summed E-state index contributed by atoms with van der Waals surface area (Å²) < 4.78 is 0. The zero-order valence-electron chi connectivity index (χ0n) is 10.00. The van der Waals surface area contributed by atoms with Gasteiger partial charge in [0, 0.05) is 6.20 Å². The Hall–Kier alpha value is -2.20. The summed E-state index contributed by atoms with van der Waals surface area (Å²) in [4.78, 5) is 15.1. The summed E-state index contributed by atoms with van der Waals surface area (Å²) in [5, 5.41) is 12.0. The molecule has 4 heteroatoms. The maximum Gasteiger partial charge on any atom is 0.335 e. The summed E-state index contributed by atoms with van der Waals surface area (Å²) in [6.07, 6.45) is 1.74. The molecule has 1 atom stereocenters. The number of carboxylic acids is 1. The Bertz CT molecular complexity index is 523. The van der Waals surface area contributed by atoms with Crippen LogP contribution in [0.4, 0.5) is 0 Å². The van der Waals surface area contributed by atoms with Gasteiger partial charge in [-0.2, -0.15) is 0 Å². The van der Waals surface area contributed by atoms with Crippen LogP contribution in [0.3, 0.4) is 0 Å². The van der Waals surface area contributed by atoms with Gasteiger partial charge in [0.15, 0.2) is 0 Å². The molecule has 0 amide bonds. The first-order valence-corrected chi connectivity index (χ1v) is 5.64. The molecule has 1 unspecified atom stereocenters. The molecule has 1 aromatic heterocycles. The van der Waals surface area contributed by atoms with Crippen LogP contribution in [-0.4, -0.2) is 23.1 Å². The van der Waals surface area contributed by atoms with E-state index in [0.717, 1.165) is 11.3 Å². The van der Waals surface area contributed by atoms with Crippen molar-refractivity contribution in [1.29, 1.82) is 0 Å². The molecule has 0 spiro atoms. The lowest BCUT2D eigenvalue weighted by Gasteiger charge is -2.16. The van der Waals surface area contributed by atoms with E-state index in [1.165, 1.54) is 0 Å². The van der Waals surface area contributed by atoms with E-state index < -0.39 is 5.97 Å². The number of rotatable bonds is 4. The lowest BCUT2D eigenvalue weighted by Crippen LogP contribution is -2.18. The Morgan fingerprint density at radius 2 is 1.94 bits per heavy atom. The number of aromatic carboxylic acids is 1. The Morgan fingerprint density at radius 1 is 1.22 bits per heavy atom. The fraction of sp³-hybridized carbons (Fsp3) is 0.143. The standard InChI is InChI=1S/C14H14N2O2/c1-15-13(12-4-2-3-9-16-12)10-5-7-11(8-6-10)14(17)18/h2-9,13,15H,1H3,(H,17,18). The molecule has 18 heavy (non-hydrogen) atoms. The Labute approximate surface area is 105 Å². The fourth-order valence-corrected chi connectivity index (χ4v) is 1.85. The lowest BCUT2D eigenvalue weighted by atomic mass is 10.0. The summed E-state index contributed by atoms with van der Waals surface area (Å²) in [5.74, 6) is -0.916. The van der Waals surface area contributed by atoms with Gasteiger partial charge in [-0.3, -0.25) is 4.98 Å². The van der Waals surface area contributed by atoms with Gasteiger partial charge in [0.1, 0.15) is 0 Å². The van der Waals surface area contributed by atoms with E-state index in [2.05, 4.69) is 10.3 Å². The first-order valence-electron chi connectivity index (χ1n) is 5.64. The first kappa shape index (κ1) is 12.3. The third-order valence-corrected chi connectivity index (χ3v) is 2.76. The largest absolute Gasteiger partial charge is 0.478 e. The fourth-order valence-electron chi connectivity index (χ4n) is 1.85. The van der Waals surface area contributed by atoms with Gasteiger partial charge >= 0.3 is 5.97 Å². The van der Waals surface area contributed by atoms with Crippen LogP contribution in [0.5, 0.6) is 0 Å². The van der Waals surface area contributed by atoms with E-state index in [-0.39, 0.29) is 11.6 Å². The predicted molar refractivity (Wildman–Crippen MR) is 68.5 cm³/mol. The number of aromatic nitrogens is 1. The molecule has 0 aliphatic rings. The smallest absolute Gasteiger partial charge is 0.335 e. The molecule has 0 aliphatic heterocycles. The van der Waals surface area contributed by atoms with Crippen LogP contribution in [0.2, 0.25) is 0 Å². The van der Waals surface area contributed by atoms with Crippen molar-refractivity contribution in [3.63, 3.8) is 0 Å². The first-order chi connectivity index (χ1) is 8.72. The monoisotopic (exact) mass is 242 g/mol. The predicted octanol–water partition coefficient (Wildman–Crippen LogP) is 2.09. The minimum Gasteiger partial charge on any atom is -0.478 e. The van der Waals surface area contributed by atoms with Gasteiger partial charge in [0.05, 0.1) is 17.3 Å². The molecule has 2 N–H and O–H groups in total. The number of hydrogen-bond acceptors (Lipinski definition) is 3. The van der Waals surface area contributed by atoms with Crippen LogP contribution in [0.15, 0.2) is 48.7 Å². The maximum atomic E-state index is 10.8. The molecule has 0 saturated carbocycles. The van der Waals surface area contributed by atoms with Crippen molar-refractivity contribution < 1.29 is 9.90 Å². The molecule has 0 saturated heterocycles. The molecule has 0 aliphatic carbocycles. The van der Waals surface area contributed by atoms with Crippen molar-refractivity contribution in [3.8, 4) is 0 Å². The minimum absolute atomic E-state index is 0.0333. The van der Waals surface area contributed by atoms with E-state index in [1.807, 2.05) is 25.2 Å². The second kappa shape index (κ2) is 5.42. The van der Waals surface area contributed by atoms with Gasteiger partial charge in [-0.15, -0.1) is 0 Å². The highest BCUT2D eigenvalue weighted by atomic mass is 16.4. The minimum atomic E-state index is -0.916. The van der Waals surface area contributed by atoms with Gasteiger partial charge in [0.2, 0.25) is 0 Å². The van der Waals surface area contributed by atoms with E-state index in [1.54, 1.807) is 30.5 Å². The topological polar surface area (TPSA) is 62.2 Å². The van der Waals surface area contributed by atoms with Crippen molar-refractivity contribution in [2.45, 2.75) is 6.04 Å². The van der Waals surface area contributed by atoms with Gasteiger partial charge in [-0.1, -0.05) is 18.2 Å². The Balaban J connectivity index is 2.31. The van der Waals surface area contributed by atoms with Crippen molar-refractivity contribution >= 4 is 5.97 Å². The van der Waals surface area contributed by atoms with Crippen molar-refractivity contribution in [2.24, 2.45) is 0 Å². The summed E-state index contributed by atoms with van der Waals surface area (Å²) in [6, 6.07) is 12.5. The second-order valence-corrected chi connectivity index (χ2v) is 3.90. The molecule has 4 nitrogen and oxygen atoms in total. The van der Waals surface area contributed by atoms with Gasteiger partial charge in [0.25, 0.3) is 0 Å². The molecule has 0 radical (unpaired) electrons. The van der Waals surface area contributed by atoms with E-state index >= 15 is 0 Å². The number of nitrogens with one attached hydrogen (secondary N) is 1. The van der Waals surface area contributed by atoms with Crippen LogP contribution < -0.4 is 5.32 Å². The van der Waals surface area contributed by atoms with Crippen molar-refractivity contribution in [3.05, 3.63) is 65.5 Å². The van der Waals surface area contributed by atoms with E-state index in [9.17, 15) is 4.79 Å². The number of nitrogens with zero attached hydrogens (tertiary/aromatic N) is 1. The molecule has 1 aromatic carbocycles. The molecule has 0 fully saturated rings. The molecule has 2 rings (SSSR count). The number of hydrogen-bond donors (Lipinski definition) is 2. The summed E-state index contributed by atoms with van der Waals surface area (Å²) in [7, 11) is 1.85. The summed E-state index contributed by atoms with van der Waals surface area (Å²) in [6.45, 7) is 0. The normalized spacial score (nSPS) is 12.1. The third-order valence-electron chi connectivity index (χ3n) is 2.76. The average Bonchev–Trinajstić information content (AvgIpc) is 2.41. The highest BCUT2D eigenvalue weighted by Gasteiger charge is 2.13. The van der Waals surface area contributed by atoms with E-state index in [0.29, 0.717) is 0 Å². The number of benzene rings is 1. The average molecular weight is 242 g/mol. The molecule has 1 heterocycles. The number of carboxylic acid groups (broad SMARTS) is 1. The third kappa shape index (κ3) is 2.55. The quantitative estimate of drug-likeness (QED) is 0.861. The van der Waals surface area contributed by atoms with Crippen LogP contribution in [0, 0.1) is 0 Å². The van der Waals surface area contributed by atoms with Crippen molar-refractivity contribution in [2.75, 3.05) is 7.05 Å². The van der Waals surface area contributed by atoms with Crippen LogP contribution >= 0.6 is 0 Å². The summed E-state index contributed by atoms with van der Waals surface area (Å²) >= 11 is 0. The molecular formula is C14H14N2O2. The number of pyridine rings is 1. The van der Waals surface area contributed by atoms with E-state index in [4.69, 9.17) is 5.11 Å². The second-order valence-electron chi connectivity index (χ2n) is 3.90. The highest BCUT2D eigenvalue weighted by Crippen LogP contribution is 2.20. The molecule has 0 bridgehead atoms. The molecule has 92 valence electrons. The Morgan fingerprint density at radius 3 is 2.44 bits per heavy atom. The lowest BCUT2D eigenvalue weighted by molar-refractivity contribution is 0.0697. The highest BCUT2D eigenvalue weighted by molar-refractivity contribution is 5.87. The zero-order valence-corrected chi connectivity index (χ0v) is 10.00. The Kier molecular flexibility index (Phi) is 3.69. The van der Waals surface area contributed by atoms with Gasteiger partial charge in [-0.05, 0) is 36.9 Å². The maximum absolute atomic E-state index is 10.8. The zero-order chi connectivity index (χ0) is 13.0. The molecule has 2 aromatic rings. The van der Waals surface area contributed by atoms with Crippen LogP contribution in [-0.2, 0) is 0 Å². The van der Waals surface area contributed by atoms with Crippen LogP contribution in [0.1, 0.15) is 27.7 Å². The summed E-state index contributed by atoms with van der Waals surface area (Å²) in [5.41, 5.74) is 2.18. The number of carbonyl (C=O) groups is 1. The van der Waals surface area contributed by atoms with Crippen molar-refractivity contribution in [1.82, 2.24) is 10.3 Å². The molecular weight excluding hydrogens is 228 g/mol. The van der Waals surface area contributed by atoms with Gasteiger partial charge < -0.3 is 10.4 Å². The van der Waals surface area contributed by atoms with Crippen LogP contribution in [0.25, 0.3) is 0 Å².